The summed E-state index contributed by atoms with van der Waals surface area (Å²) >= 11 is 0. The summed E-state index contributed by atoms with van der Waals surface area (Å²) < 4.78 is 39.7. The Morgan fingerprint density at radius 1 is 1.29 bits per heavy atom. The van der Waals surface area contributed by atoms with Crippen molar-refractivity contribution in [3.63, 3.8) is 0 Å². The fourth-order valence-electron chi connectivity index (χ4n) is 3.02. The van der Waals surface area contributed by atoms with Crippen LogP contribution in [0.15, 0.2) is 12.1 Å². The Bertz CT molecular complexity index is 566. The minimum atomic E-state index is -0.852. The van der Waals surface area contributed by atoms with E-state index in [0.29, 0.717) is 18.8 Å². The van der Waals surface area contributed by atoms with Gasteiger partial charge in [-0.2, -0.15) is 4.39 Å². The molecule has 2 heterocycles. The molecule has 2 aliphatic heterocycles. The molecule has 1 aromatic carbocycles. The number of rotatable bonds is 3. The fraction of sp³-hybridized carbons (Fsp3) is 0.529. The van der Waals surface area contributed by atoms with Crippen LogP contribution in [0.1, 0.15) is 43.7 Å². The van der Waals surface area contributed by atoms with E-state index in [1.54, 1.807) is 6.07 Å². The van der Waals surface area contributed by atoms with Crippen LogP contribution in [0, 0.1) is 11.6 Å². The molecule has 0 saturated heterocycles. The van der Waals surface area contributed by atoms with Crippen LogP contribution in [0.5, 0.6) is 5.75 Å². The van der Waals surface area contributed by atoms with Crippen LogP contribution in [-0.4, -0.2) is 19.3 Å². The van der Waals surface area contributed by atoms with Crippen LogP contribution in [0.4, 0.5) is 8.78 Å². The Morgan fingerprint density at radius 3 is 2.86 bits per heavy atom. The van der Waals surface area contributed by atoms with Crippen molar-refractivity contribution in [2.24, 2.45) is 0 Å². The van der Waals surface area contributed by atoms with Crippen molar-refractivity contribution in [1.29, 1.82) is 0 Å². The fourth-order valence-corrected chi connectivity index (χ4v) is 3.02. The van der Waals surface area contributed by atoms with Gasteiger partial charge in [0, 0.05) is 5.56 Å². The van der Waals surface area contributed by atoms with E-state index in [1.807, 2.05) is 6.08 Å². The third-order valence-corrected chi connectivity index (χ3v) is 4.13. The molecule has 0 aliphatic carbocycles. The molecule has 0 saturated carbocycles. The summed E-state index contributed by atoms with van der Waals surface area (Å²) in [5, 5.41) is 0. The molecule has 0 bridgehead atoms. The summed E-state index contributed by atoms with van der Waals surface area (Å²) in [6.07, 6.45) is 6.12. The first-order valence-corrected chi connectivity index (χ1v) is 7.65. The molecule has 0 aromatic heterocycles. The number of halogens is 2. The zero-order valence-corrected chi connectivity index (χ0v) is 12.3. The van der Waals surface area contributed by atoms with Gasteiger partial charge in [-0.05, 0) is 42.9 Å². The molecule has 0 radical (unpaired) electrons. The van der Waals surface area contributed by atoms with E-state index < -0.39 is 11.6 Å². The quantitative estimate of drug-likeness (QED) is 0.829. The number of hydrogen-bond donors (Lipinski definition) is 0. The molecule has 3 rings (SSSR count). The molecule has 0 fully saturated rings. The van der Waals surface area contributed by atoms with Gasteiger partial charge in [-0.1, -0.05) is 19.4 Å². The molecule has 0 amide bonds. The SMILES string of the molecule is CCCC1CCc2cc(C3=CCCOC3)c(F)c(F)c2O1. The van der Waals surface area contributed by atoms with E-state index in [2.05, 4.69) is 6.92 Å². The highest BCUT2D eigenvalue weighted by atomic mass is 19.2. The maximum absolute atomic E-state index is 14.3. The van der Waals surface area contributed by atoms with Crippen molar-refractivity contribution >= 4 is 5.57 Å². The number of benzene rings is 1. The van der Waals surface area contributed by atoms with Crippen molar-refractivity contribution in [1.82, 2.24) is 0 Å². The second kappa shape index (κ2) is 6.14. The lowest BCUT2D eigenvalue weighted by Crippen LogP contribution is -2.24. The van der Waals surface area contributed by atoms with Gasteiger partial charge in [0.25, 0.3) is 0 Å². The van der Waals surface area contributed by atoms with Crippen molar-refractivity contribution in [3.8, 4) is 5.75 Å². The van der Waals surface area contributed by atoms with Gasteiger partial charge >= 0.3 is 0 Å². The van der Waals surface area contributed by atoms with E-state index in [-0.39, 0.29) is 11.9 Å². The first kappa shape index (κ1) is 14.5. The number of ether oxygens (including phenoxy) is 2. The lowest BCUT2D eigenvalue weighted by Gasteiger charge is -2.27. The Hall–Kier alpha value is -1.42. The minimum Gasteiger partial charge on any atom is -0.487 e. The second-order valence-corrected chi connectivity index (χ2v) is 5.68. The lowest BCUT2D eigenvalue weighted by atomic mass is 9.94. The van der Waals surface area contributed by atoms with Crippen molar-refractivity contribution in [2.75, 3.05) is 13.2 Å². The lowest BCUT2D eigenvalue weighted by molar-refractivity contribution is 0.152. The molecule has 1 atom stereocenters. The third-order valence-electron chi connectivity index (χ3n) is 4.13. The normalized spacial score (nSPS) is 21.5. The van der Waals surface area contributed by atoms with Crippen LogP contribution < -0.4 is 4.74 Å². The Kier molecular flexibility index (Phi) is 4.24. The van der Waals surface area contributed by atoms with E-state index in [9.17, 15) is 8.78 Å². The Balaban J connectivity index is 1.96. The topological polar surface area (TPSA) is 18.5 Å². The predicted molar refractivity (Wildman–Crippen MR) is 77.4 cm³/mol. The Morgan fingerprint density at radius 2 is 2.14 bits per heavy atom. The number of aryl methyl sites for hydroxylation is 1. The van der Waals surface area contributed by atoms with Gasteiger partial charge in [-0.3, -0.25) is 0 Å². The van der Waals surface area contributed by atoms with Crippen LogP contribution in [-0.2, 0) is 11.2 Å². The van der Waals surface area contributed by atoms with Crippen LogP contribution in [0.3, 0.4) is 0 Å². The number of hydrogen-bond acceptors (Lipinski definition) is 2. The van der Waals surface area contributed by atoms with Gasteiger partial charge in [0.15, 0.2) is 11.6 Å². The van der Waals surface area contributed by atoms with Crippen LogP contribution in [0.2, 0.25) is 0 Å². The van der Waals surface area contributed by atoms with E-state index in [1.165, 1.54) is 0 Å². The van der Waals surface area contributed by atoms with Crippen LogP contribution >= 0.6 is 0 Å². The van der Waals surface area contributed by atoms with Gasteiger partial charge in [-0.15, -0.1) is 0 Å². The van der Waals surface area contributed by atoms with Crippen molar-refractivity contribution in [3.05, 3.63) is 34.9 Å². The van der Waals surface area contributed by atoms with E-state index in [0.717, 1.165) is 43.2 Å². The maximum Gasteiger partial charge on any atom is 0.201 e. The van der Waals surface area contributed by atoms with Crippen LogP contribution in [0.25, 0.3) is 5.57 Å². The molecular weight excluding hydrogens is 274 g/mol. The second-order valence-electron chi connectivity index (χ2n) is 5.68. The maximum atomic E-state index is 14.3. The summed E-state index contributed by atoms with van der Waals surface area (Å²) in [5.41, 5.74) is 1.82. The summed E-state index contributed by atoms with van der Waals surface area (Å²) in [6.45, 7) is 3.04. The summed E-state index contributed by atoms with van der Waals surface area (Å²) in [6, 6.07) is 1.73. The molecule has 21 heavy (non-hydrogen) atoms. The van der Waals surface area contributed by atoms with E-state index >= 15 is 0 Å². The summed E-state index contributed by atoms with van der Waals surface area (Å²) in [7, 11) is 0. The first-order chi connectivity index (χ1) is 10.2. The van der Waals surface area contributed by atoms with Gasteiger partial charge in [0.2, 0.25) is 5.82 Å². The molecule has 0 spiro atoms. The Labute approximate surface area is 123 Å². The van der Waals surface area contributed by atoms with Gasteiger partial charge in [0.1, 0.15) is 0 Å². The van der Waals surface area contributed by atoms with Gasteiger partial charge < -0.3 is 9.47 Å². The molecule has 1 unspecified atom stereocenters. The van der Waals surface area contributed by atoms with Gasteiger partial charge in [-0.25, -0.2) is 4.39 Å². The first-order valence-electron chi connectivity index (χ1n) is 7.65. The highest BCUT2D eigenvalue weighted by Gasteiger charge is 2.27. The zero-order chi connectivity index (χ0) is 14.8. The molecular formula is C17H20F2O2. The molecule has 2 nitrogen and oxygen atoms in total. The molecule has 1 aromatic rings. The average molecular weight is 294 g/mol. The monoisotopic (exact) mass is 294 g/mol. The largest absolute Gasteiger partial charge is 0.487 e. The predicted octanol–water partition coefficient (Wildman–Crippen LogP) is 4.26. The highest BCUT2D eigenvalue weighted by Crippen LogP contribution is 2.37. The highest BCUT2D eigenvalue weighted by molar-refractivity contribution is 5.69. The number of fused-ring (bicyclic) bond motifs is 1. The summed E-state index contributed by atoms with van der Waals surface area (Å²) in [4.78, 5) is 0. The average Bonchev–Trinajstić information content (AvgIpc) is 2.52. The van der Waals surface area contributed by atoms with Gasteiger partial charge in [0.05, 0.1) is 19.3 Å². The van der Waals surface area contributed by atoms with Crippen molar-refractivity contribution in [2.45, 2.75) is 45.1 Å². The zero-order valence-electron chi connectivity index (χ0n) is 12.3. The molecule has 0 N–H and O–H groups in total. The van der Waals surface area contributed by atoms with E-state index in [4.69, 9.17) is 9.47 Å². The molecule has 2 aliphatic rings. The minimum absolute atomic E-state index is 0.000482. The third kappa shape index (κ3) is 2.82. The molecule has 114 valence electrons. The standard InChI is InChI=1S/C17H20F2O2/c1-2-4-13-7-6-11-9-14(12-5-3-8-20-10-12)15(18)16(19)17(11)21-13/h5,9,13H,2-4,6-8,10H2,1H3. The van der Waals surface area contributed by atoms with Crippen molar-refractivity contribution < 1.29 is 18.3 Å². The molecule has 4 heteroatoms. The summed E-state index contributed by atoms with van der Waals surface area (Å²) in [5.74, 6) is -1.56. The smallest absolute Gasteiger partial charge is 0.201 e.